The third-order valence-corrected chi connectivity index (χ3v) is 8.13. The van der Waals surface area contributed by atoms with Gasteiger partial charge in [-0.25, -0.2) is 8.42 Å². The van der Waals surface area contributed by atoms with Gasteiger partial charge in [0.1, 0.15) is 0 Å². The van der Waals surface area contributed by atoms with E-state index in [4.69, 9.17) is 0 Å². The molecule has 0 saturated carbocycles. The first-order chi connectivity index (χ1) is 14.5. The highest BCUT2D eigenvalue weighted by Crippen LogP contribution is 2.54. The maximum absolute atomic E-state index is 13.6. The van der Waals surface area contributed by atoms with E-state index in [0.29, 0.717) is 9.79 Å². The van der Waals surface area contributed by atoms with Crippen LogP contribution in [0.5, 0.6) is 0 Å². The highest BCUT2D eigenvalue weighted by molar-refractivity contribution is 7.91. The second kappa shape index (κ2) is 6.68. The fourth-order valence-corrected chi connectivity index (χ4v) is 6.77. The Morgan fingerprint density at radius 1 is 0.500 bits per heavy atom. The number of sulfone groups is 1. The minimum absolute atomic E-state index is 0.384. The Kier molecular flexibility index (Phi) is 4.19. The van der Waals surface area contributed by atoms with E-state index in [-0.39, 0.29) is 0 Å². The molecule has 1 heterocycles. The SMILES string of the molecule is Cc1ccccc1C1(c2ccccc2C)c2ccccc2S(=O)(=O)c2ccccc21. The Morgan fingerprint density at radius 2 is 0.833 bits per heavy atom. The highest BCUT2D eigenvalue weighted by Gasteiger charge is 2.49. The molecule has 1 aliphatic rings. The first-order valence-electron chi connectivity index (χ1n) is 10.1. The molecule has 30 heavy (non-hydrogen) atoms. The summed E-state index contributed by atoms with van der Waals surface area (Å²) in [6, 6.07) is 31.5. The summed E-state index contributed by atoms with van der Waals surface area (Å²) >= 11 is 0. The molecule has 0 N–H and O–H groups in total. The molecule has 0 aliphatic carbocycles. The van der Waals surface area contributed by atoms with Gasteiger partial charge in [0.25, 0.3) is 0 Å². The van der Waals surface area contributed by atoms with Crippen molar-refractivity contribution in [1.82, 2.24) is 0 Å². The molecule has 0 amide bonds. The van der Waals surface area contributed by atoms with E-state index >= 15 is 0 Å². The number of hydrogen-bond donors (Lipinski definition) is 0. The Bertz CT molecular complexity index is 1280. The molecule has 0 atom stereocenters. The smallest absolute Gasteiger partial charge is 0.207 e. The second-order valence-electron chi connectivity index (χ2n) is 7.88. The molecule has 3 heteroatoms. The monoisotopic (exact) mass is 410 g/mol. The average Bonchev–Trinajstić information content (AvgIpc) is 2.76. The van der Waals surface area contributed by atoms with E-state index in [1.54, 1.807) is 12.1 Å². The van der Waals surface area contributed by atoms with Crippen molar-refractivity contribution < 1.29 is 8.42 Å². The third kappa shape index (κ3) is 2.39. The van der Waals surface area contributed by atoms with Crippen molar-refractivity contribution in [1.29, 1.82) is 0 Å². The van der Waals surface area contributed by atoms with E-state index in [1.165, 1.54) is 0 Å². The summed E-state index contributed by atoms with van der Waals surface area (Å²) in [6.45, 7) is 4.20. The van der Waals surface area contributed by atoms with Gasteiger partial charge in [-0.1, -0.05) is 84.9 Å². The molecule has 0 unspecified atom stereocenters. The molecule has 0 radical (unpaired) electrons. The number of fused-ring (bicyclic) bond motifs is 2. The van der Waals surface area contributed by atoms with Crippen molar-refractivity contribution >= 4 is 9.84 Å². The van der Waals surface area contributed by atoms with Crippen LogP contribution in [0, 0.1) is 13.8 Å². The van der Waals surface area contributed by atoms with Gasteiger partial charge in [0.15, 0.2) is 0 Å². The van der Waals surface area contributed by atoms with Crippen LogP contribution < -0.4 is 0 Å². The van der Waals surface area contributed by atoms with Gasteiger partial charge in [0.2, 0.25) is 9.84 Å². The van der Waals surface area contributed by atoms with Crippen LogP contribution in [0.1, 0.15) is 33.4 Å². The van der Waals surface area contributed by atoms with E-state index in [2.05, 4.69) is 38.1 Å². The van der Waals surface area contributed by atoms with Crippen molar-refractivity contribution in [2.75, 3.05) is 0 Å². The van der Waals surface area contributed by atoms with Crippen LogP contribution in [0.3, 0.4) is 0 Å². The molecule has 0 fully saturated rings. The minimum atomic E-state index is -3.61. The zero-order chi connectivity index (χ0) is 20.9. The van der Waals surface area contributed by atoms with Crippen LogP contribution in [0.15, 0.2) is 107 Å². The summed E-state index contributed by atoms with van der Waals surface area (Å²) in [5.74, 6) is 0. The van der Waals surface area contributed by atoms with Crippen LogP contribution >= 0.6 is 0 Å². The summed E-state index contributed by atoms with van der Waals surface area (Å²) < 4.78 is 27.2. The molecule has 4 aromatic carbocycles. The number of hydrogen-bond acceptors (Lipinski definition) is 2. The summed E-state index contributed by atoms with van der Waals surface area (Å²) in [5.41, 5.74) is 5.38. The van der Waals surface area contributed by atoms with Crippen LogP contribution in [-0.4, -0.2) is 8.42 Å². The molecule has 0 bridgehead atoms. The fraction of sp³-hybridized carbons (Fsp3) is 0.111. The zero-order valence-corrected chi connectivity index (χ0v) is 17.8. The Balaban J connectivity index is 2.09. The maximum Gasteiger partial charge on any atom is 0.207 e. The molecule has 5 rings (SSSR count). The number of aryl methyl sites for hydroxylation is 2. The third-order valence-electron chi connectivity index (χ3n) is 6.26. The highest BCUT2D eigenvalue weighted by atomic mass is 32.2. The van der Waals surface area contributed by atoms with E-state index < -0.39 is 15.3 Å². The molecule has 1 aliphatic heterocycles. The van der Waals surface area contributed by atoms with Gasteiger partial charge in [-0.15, -0.1) is 0 Å². The molecule has 0 aromatic heterocycles. The van der Waals surface area contributed by atoms with E-state index in [0.717, 1.165) is 33.4 Å². The van der Waals surface area contributed by atoms with Crippen molar-refractivity contribution in [2.45, 2.75) is 29.1 Å². The summed E-state index contributed by atoms with van der Waals surface area (Å²) in [4.78, 5) is 0.769. The standard InChI is InChI=1S/C27H22O2S/c1-19-11-3-5-13-21(19)27(22-14-6-4-12-20(22)2)23-15-7-9-17-25(23)30(28,29)26-18-10-8-16-24(26)27/h3-18H,1-2H3. The van der Waals surface area contributed by atoms with Crippen LogP contribution in [0.25, 0.3) is 0 Å². The molecule has 2 nitrogen and oxygen atoms in total. The van der Waals surface area contributed by atoms with Crippen LogP contribution in [0.2, 0.25) is 0 Å². The predicted octanol–water partition coefficient (Wildman–Crippen LogP) is 5.83. The van der Waals surface area contributed by atoms with Gasteiger partial charge < -0.3 is 0 Å². The molecular formula is C27H22O2S. The molecule has 0 spiro atoms. The normalized spacial score (nSPS) is 15.8. The first-order valence-corrected chi connectivity index (χ1v) is 11.5. The van der Waals surface area contributed by atoms with Gasteiger partial charge in [-0.05, 0) is 59.4 Å². The van der Waals surface area contributed by atoms with E-state index in [1.807, 2.05) is 60.7 Å². The minimum Gasteiger partial charge on any atom is -0.218 e. The molecular weight excluding hydrogens is 388 g/mol. The Labute approximate surface area is 177 Å². The van der Waals surface area contributed by atoms with Gasteiger partial charge in [-0.2, -0.15) is 0 Å². The largest absolute Gasteiger partial charge is 0.218 e. The van der Waals surface area contributed by atoms with E-state index in [9.17, 15) is 8.42 Å². The van der Waals surface area contributed by atoms with Gasteiger partial charge in [-0.3, -0.25) is 0 Å². The molecule has 148 valence electrons. The van der Waals surface area contributed by atoms with Crippen molar-refractivity contribution in [2.24, 2.45) is 0 Å². The Morgan fingerprint density at radius 3 is 1.23 bits per heavy atom. The number of benzene rings is 4. The average molecular weight is 411 g/mol. The number of rotatable bonds is 2. The lowest BCUT2D eigenvalue weighted by Crippen LogP contribution is -2.38. The second-order valence-corrected chi connectivity index (χ2v) is 9.76. The molecule has 4 aromatic rings. The summed E-state index contributed by atoms with van der Waals surface area (Å²) in [5, 5.41) is 0. The topological polar surface area (TPSA) is 34.1 Å². The summed E-state index contributed by atoms with van der Waals surface area (Å²) in [6.07, 6.45) is 0. The molecule has 0 saturated heterocycles. The van der Waals surface area contributed by atoms with Gasteiger partial charge >= 0.3 is 0 Å². The lowest BCUT2D eigenvalue weighted by Gasteiger charge is -2.43. The summed E-state index contributed by atoms with van der Waals surface area (Å²) in [7, 11) is -3.61. The first kappa shape index (κ1) is 18.8. The van der Waals surface area contributed by atoms with Crippen molar-refractivity contribution in [3.8, 4) is 0 Å². The van der Waals surface area contributed by atoms with Crippen LogP contribution in [-0.2, 0) is 15.3 Å². The van der Waals surface area contributed by atoms with Gasteiger partial charge in [0, 0.05) is 0 Å². The van der Waals surface area contributed by atoms with Crippen LogP contribution in [0.4, 0.5) is 0 Å². The van der Waals surface area contributed by atoms with Gasteiger partial charge in [0.05, 0.1) is 15.2 Å². The van der Waals surface area contributed by atoms with Crippen molar-refractivity contribution in [3.63, 3.8) is 0 Å². The Hall–Kier alpha value is -3.17. The van der Waals surface area contributed by atoms with Crippen molar-refractivity contribution in [3.05, 3.63) is 130 Å². The maximum atomic E-state index is 13.6. The quantitative estimate of drug-likeness (QED) is 0.367. The lowest BCUT2D eigenvalue weighted by molar-refractivity contribution is 0.577. The zero-order valence-electron chi connectivity index (χ0n) is 17.0. The predicted molar refractivity (Wildman–Crippen MR) is 120 cm³/mol. The fourth-order valence-electron chi connectivity index (χ4n) is 5.00. The lowest BCUT2D eigenvalue weighted by atomic mass is 9.63.